The number of oxazole rings is 1. The first-order chi connectivity index (χ1) is 11.0. The largest absolute Gasteiger partial charge is 0.446 e. The van der Waals surface area contributed by atoms with E-state index >= 15 is 0 Å². The lowest BCUT2D eigenvalue weighted by Crippen LogP contribution is -2.26. The highest BCUT2D eigenvalue weighted by Crippen LogP contribution is 2.21. The van der Waals surface area contributed by atoms with Crippen LogP contribution < -0.4 is 11.1 Å². The molecule has 0 saturated carbocycles. The Morgan fingerprint density at radius 1 is 1.43 bits per heavy atom. The van der Waals surface area contributed by atoms with Gasteiger partial charge in [-0.1, -0.05) is 38.5 Å². The SMILES string of the molecule is CCC(C)C(N)c1nc(C(=O)NCCc2ccccc2F)co1. The van der Waals surface area contributed by atoms with Gasteiger partial charge in [0.05, 0.1) is 6.04 Å². The van der Waals surface area contributed by atoms with Crippen molar-refractivity contribution in [3.05, 3.63) is 53.5 Å². The quantitative estimate of drug-likeness (QED) is 0.822. The van der Waals surface area contributed by atoms with Gasteiger partial charge in [0.1, 0.15) is 12.1 Å². The van der Waals surface area contributed by atoms with E-state index in [1.165, 1.54) is 12.3 Å². The fraction of sp³-hybridized carbons (Fsp3) is 0.412. The minimum Gasteiger partial charge on any atom is -0.446 e. The lowest BCUT2D eigenvalue weighted by atomic mass is 10.0. The predicted molar refractivity (Wildman–Crippen MR) is 85.3 cm³/mol. The molecule has 2 aromatic rings. The highest BCUT2D eigenvalue weighted by atomic mass is 19.1. The highest BCUT2D eigenvalue weighted by molar-refractivity contribution is 5.91. The van der Waals surface area contributed by atoms with Crippen molar-refractivity contribution in [2.75, 3.05) is 6.54 Å². The number of nitrogens with zero attached hydrogens (tertiary/aromatic N) is 1. The molecule has 0 bridgehead atoms. The van der Waals surface area contributed by atoms with Crippen LogP contribution in [0.4, 0.5) is 4.39 Å². The maximum atomic E-state index is 13.5. The molecule has 6 heteroatoms. The van der Waals surface area contributed by atoms with E-state index in [1.807, 2.05) is 13.8 Å². The number of hydrogen-bond acceptors (Lipinski definition) is 4. The molecule has 0 radical (unpaired) electrons. The summed E-state index contributed by atoms with van der Waals surface area (Å²) < 4.78 is 18.8. The molecule has 2 rings (SSSR count). The summed E-state index contributed by atoms with van der Waals surface area (Å²) in [6.07, 6.45) is 2.61. The first-order valence-corrected chi connectivity index (χ1v) is 7.75. The summed E-state index contributed by atoms with van der Waals surface area (Å²) in [4.78, 5) is 16.2. The molecule has 2 unspecified atom stereocenters. The minimum atomic E-state index is -0.354. The van der Waals surface area contributed by atoms with Gasteiger partial charge in [0.25, 0.3) is 5.91 Å². The summed E-state index contributed by atoms with van der Waals surface area (Å²) in [6, 6.07) is 6.16. The monoisotopic (exact) mass is 319 g/mol. The van der Waals surface area contributed by atoms with E-state index in [4.69, 9.17) is 10.2 Å². The van der Waals surface area contributed by atoms with E-state index in [0.29, 0.717) is 24.4 Å². The molecule has 0 spiro atoms. The maximum Gasteiger partial charge on any atom is 0.273 e. The van der Waals surface area contributed by atoms with Crippen molar-refractivity contribution in [1.82, 2.24) is 10.3 Å². The second kappa shape index (κ2) is 7.87. The molecule has 1 amide bonds. The van der Waals surface area contributed by atoms with Crippen LogP contribution in [0.25, 0.3) is 0 Å². The molecular formula is C17H22FN3O2. The zero-order valence-corrected chi connectivity index (χ0v) is 13.4. The molecule has 0 aliphatic carbocycles. The van der Waals surface area contributed by atoms with E-state index < -0.39 is 0 Å². The number of nitrogens with one attached hydrogen (secondary N) is 1. The van der Waals surface area contributed by atoms with Crippen LogP contribution in [0.3, 0.4) is 0 Å². The summed E-state index contributed by atoms with van der Waals surface area (Å²) >= 11 is 0. The lowest BCUT2D eigenvalue weighted by Gasteiger charge is -2.13. The second-order valence-electron chi connectivity index (χ2n) is 5.58. The van der Waals surface area contributed by atoms with Crippen molar-refractivity contribution in [3.63, 3.8) is 0 Å². The summed E-state index contributed by atoms with van der Waals surface area (Å²) in [6.45, 7) is 4.35. The van der Waals surface area contributed by atoms with Crippen LogP contribution in [0.15, 0.2) is 34.9 Å². The molecule has 0 aliphatic rings. The fourth-order valence-corrected chi connectivity index (χ4v) is 2.14. The Labute approximate surface area is 135 Å². The average Bonchev–Trinajstić information content (AvgIpc) is 3.05. The van der Waals surface area contributed by atoms with Crippen molar-refractivity contribution < 1.29 is 13.6 Å². The number of benzene rings is 1. The van der Waals surface area contributed by atoms with Gasteiger partial charge in [-0.2, -0.15) is 0 Å². The number of hydrogen-bond donors (Lipinski definition) is 2. The number of rotatable bonds is 7. The first-order valence-electron chi connectivity index (χ1n) is 7.75. The number of amides is 1. The van der Waals surface area contributed by atoms with Crippen molar-refractivity contribution in [2.24, 2.45) is 11.7 Å². The third-order valence-corrected chi connectivity index (χ3v) is 3.93. The molecule has 3 N–H and O–H groups in total. The molecule has 0 fully saturated rings. The smallest absolute Gasteiger partial charge is 0.273 e. The van der Waals surface area contributed by atoms with Crippen LogP contribution in [0.1, 0.15) is 48.3 Å². The molecule has 1 aromatic heterocycles. The van der Waals surface area contributed by atoms with Gasteiger partial charge in [0.2, 0.25) is 5.89 Å². The molecular weight excluding hydrogens is 297 g/mol. The van der Waals surface area contributed by atoms with Gasteiger partial charge >= 0.3 is 0 Å². The van der Waals surface area contributed by atoms with E-state index in [9.17, 15) is 9.18 Å². The predicted octanol–water partition coefficient (Wildman–Crippen LogP) is 2.83. The van der Waals surface area contributed by atoms with Crippen LogP contribution in [0.5, 0.6) is 0 Å². The summed E-state index contributed by atoms with van der Waals surface area (Å²) in [5.74, 6) is -0.0538. The number of nitrogens with two attached hydrogens (primary N) is 1. The first kappa shape index (κ1) is 17.1. The third-order valence-electron chi connectivity index (χ3n) is 3.93. The average molecular weight is 319 g/mol. The number of aromatic nitrogens is 1. The van der Waals surface area contributed by atoms with Gasteiger partial charge in [0.15, 0.2) is 5.69 Å². The highest BCUT2D eigenvalue weighted by Gasteiger charge is 2.20. The van der Waals surface area contributed by atoms with Crippen LogP contribution in [0.2, 0.25) is 0 Å². The van der Waals surface area contributed by atoms with Gasteiger partial charge in [-0.05, 0) is 24.0 Å². The van der Waals surface area contributed by atoms with Crippen LogP contribution in [-0.2, 0) is 6.42 Å². The number of halogens is 1. The molecule has 0 aliphatic heterocycles. The van der Waals surface area contributed by atoms with E-state index in [1.54, 1.807) is 18.2 Å². The molecule has 1 aromatic carbocycles. The number of carbonyl (C=O) groups excluding carboxylic acids is 1. The Morgan fingerprint density at radius 2 is 2.17 bits per heavy atom. The summed E-state index contributed by atoms with van der Waals surface area (Å²) in [5.41, 5.74) is 6.78. The summed E-state index contributed by atoms with van der Waals surface area (Å²) in [5, 5.41) is 2.70. The van der Waals surface area contributed by atoms with E-state index in [0.717, 1.165) is 6.42 Å². The molecule has 1 heterocycles. The summed E-state index contributed by atoms with van der Waals surface area (Å²) in [7, 11) is 0. The van der Waals surface area contributed by atoms with Crippen LogP contribution in [0, 0.1) is 11.7 Å². The van der Waals surface area contributed by atoms with E-state index in [-0.39, 0.29) is 29.4 Å². The van der Waals surface area contributed by atoms with Crippen LogP contribution in [-0.4, -0.2) is 17.4 Å². The maximum absolute atomic E-state index is 13.5. The Bertz CT molecular complexity index is 657. The zero-order valence-electron chi connectivity index (χ0n) is 13.4. The van der Waals surface area contributed by atoms with Gasteiger partial charge in [-0.3, -0.25) is 4.79 Å². The molecule has 0 saturated heterocycles. The van der Waals surface area contributed by atoms with Crippen molar-refractivity contribution in [2.45, 2.75) is 32.7 Å². The Hall–Kier alpha value is -2.21. The standard InChI is InChI=1S/C17H22FN3O2/c1-3-11(2)15(19)17-21-14(10-23-17)16(22)20-9-8-12-6-4-5-7-13(12)18/h4-7,10-11,15H,3,8-9,19H2,1-2H3,(H,20,22). The van der Waals surface area contributed by atoms with Gasteiger partial charge in [0, 0.05) is 6.54 Å². The van der Waals surface area contributed by atoms with Gasteiger partial charge in [-0.15, -0.1) is 0 Å². The minimum absolute atomic E-state index is 0.187. The molecule has 124 valence electrons. The third kappa shape index (κ3) is 4.39. The Kier molecular flexibility index (Phi) is 5.87. The Morgan fingerprint density at radius 3 is 2.87 bits per heavy atom. The zero-order chi connectivity index (χ0) is 16.8. The van der Waals surface area contributed by atoms with Gasteiger partial charge < -0.3 is 15.5 Å². The van der Waals surface area contributed by atoms with Crippen LogP contribution >= 0.6 is 0 Å². The van der Waals surface area contributed by atoms with E-state index in [2.05, 4.69) is 10.3 Å². The fourth-order valence-electron chi connectivity index (χ4n) is 2.14. The lowest BCUT2D eigenvalue weighted by molar-refractivity contribution is 0.0949. The second-order valence-corrected chi connectivity index (χ2v) is 5.58. The number of carbonyl (C=O) groups is 1. The molecule has 23 heavy (non-hydrogen) atoms. The topological polar surface area (TPSA) is 81.1 Å². The molecule has 2 atom stereocenters. The van der Waals surface area contributed by atoms with Crippen molar-refractivity contribution >= 4 is 5.91 Å². The normalized spacial score (nSPS) is 13.6. The molecule has 5 nitrogen and oxygen atoms in total. The Balaban J connectivity index is 1.89. The van der Waals surface area contributed by atoms with Crippen molar-refractivity contribution in [1.29, 1.82) is 0 Å². The van der Waals surface area contributed by atoms with Gasteiger partial charge in [-0.25, -0.2) is 9.37 Å². The van der Waals surface area contributed by atoms with Crippen molar-refractivity contribution in [3.8, 4) is 0 Å².